The Kier molecular flexibility index (Phi) is 9.64. The minimum Gasteiger partial charge on any atom is -0.465 e. The second kappa shape index (κ2) is 12.0. The highest BCUT2D eigenvalue weighted by Gasteiger charge is 2.67. The van der Waals surface area contributed by atoms with E-state index in [0.717, 1.165) is 28.4 Å². The average Bonchev–Trinajstić information content (AvgIpc) is 3.41. The Balaban J connectivity index is 2.47. The maximum atomic E-state index is 14.8. The van der Waals surface area contributed by atoms with Crippen molar-refractivity contribution in [3.8, 4) is 0 Å². The lowest BCUT2D eigenvalue weighted by atomic mass is 10.1. The summed E-state index contributed by atoms with van der Waals surface area (Å²) in [6, 6.07) is 0. The lowest BCUT2D eigenvalue weighted by Crippen LogP contribution is -2.56. The summed E-state index contributed by atoms with van der Waals surface area (Å²) in [5.41, 5.74) is -1.48. The van der Waals surface area contributed by atoms with E-state index >= 15 is 0 Å². The smallest absolute Gasteiger partial charge is 0.396 e. The minimum absolute atomic E-state index is 0.156. The van der Waals surface area contributed by atoms with Crippen LogP contribution in [0.15, 0.2) is 0 Å². The third-order valence-electron chi connectivity index (χ3n) is 5.23. The van der Waals surface area contributed by atoms with Crippen LogP contribution in [0, 0.1) is 13.8 Å². The van der Waals surface area contributed by atoms with Crippen molar-refractivity contribution >= 4 is 68.4 Å². The molecule has 2 rings (SSSR count). The van der Waals surface area contributed by atoms with Crippen LogP contribution in [0.5, 0.6) is 0 Å². The van der Waals surface area contributed by atoms with E-state index < -0.39 is 68.7 Å². The Morgan fingerprint density at radius 2 is 0.850 bits per heavy atom. The maximum Gasteiger partial charge on any atom is 0.396 e. The van der Waals surface area contributed by atoms with Crippen molar-refractivity contribution in [3.63, 3.8) is 0 Å². The SMILES string of the molecule is COC(=O)c1sc(NC(=O)C(F)(F)C(F)(F)C(=O)Nc2sc(C(=O)OC)c(C)c2C(=O)OC)c(C(=O)OC)c1C. The molecule has 0 aliphatic rings. The molecule has 0 aromatic carbocycles. The number of rotatable bonds is 9. The van der Waals surface area contributed by atoms with E-state index in [9.17, 15) is 46.3 Å². The topological polar surface area (TPSA) is 163 Å². The fraction of sp³-hybridized carbons (Fsp3) is 0.364. The molecule has 0 aliphatic carbocycles. The number of thiophene rings is 2. The molecule has 0 bridgehead atoms. The van der Waals surface area contributed by atoms with Gasteiger partial charge in [-0.05, 0) is 25.0 Å². The van der Waals surface area contributed by atoms with Crippen LogP contribution in [-0.2, 0) is 28.5 Å². The van der Waals surface area contributed by atoms with Gasteiger partial charge in [0.05, 0.1) is 39.6 Å². The molecule has 18 heteroatoms. The highest BCUT2D eigenvalue weighted by atomic mass is 32.1. The lowest BCUT2D eigenvalue weighted by molar-refractivity contribution is -0.204. The van der Waals surface area contributed by atoms with Gasteiger partial charge in [0.2, 0.25) is 0 Å². The monoisotopic (exact) mass is 612 g/mol. The fourth-order valence-electron chi connectivity index (χ4n) is 3.12. The summed E-state index contributed by atoms with van der Waals surface area (Å²) in [6.07, 6.45) is 0. The summed E-state index contributed by atoms with van der Waals surface area (Å²) in [6.45, 7) is 2.38. The molecule has 0 aliphatic heterocycles. The predicted octanol–water partition coefficient (Wildman–Crippen LogP) is 3.42. The summed E-state index contributed by atoms with van der Waals surface area (Å²) in [5, 5.41) is 1.36. The van der Waals surface area contributed by atoms with Crippen LogP contribution in [0.4, 0.5) is 27.6 Å². The zero-order valence-corrected chi connectivity index (χ0v) is 23.0. The van der Waals surface area contributed by atoms with E-state index in [-0.39, 0.29) is 43.6 Å². The molecule has 2 heterocycles. The lowest BCUT2D eigenvalue weighted by Gasteiger charge is -2.24. The summed E-state index contributed by atoms with van der Waals surface area (Å²) >= 11 is 0.532. The number of carbonyl (C=O) groups excluding carboxylic acids is 6. The third kappa shape index (κ3) is 5.62. The Labute approximate surface area is 230 Å². The molecular weight excluding hydrogens is 592 g/mol. The van der Waals surface area contributed by atoms with Gasteiger partial charge in [-0.2, -0.15) is 17.6 Å². The number of esters is 4. The van der Waals surface area contributed by atoms with Gasteiger partial charge in [0.25, 0.3) is 0 Å². The van der Waals surface area contributed by atoms with Crippen molar-refractivity contribution in [2.24, 2.45) is 0 Å². The molecule has 0 spiro atoms. The number of alkyl halides is 4. The molecule has 0 radical (unpaired) electrons. The number of anilines is 2. The van der Waals surface area contributed by atoms with Gasteiger partial charge in [-0.3, -0.25) is 9.59 Å². The Bertz CT molecular complexity index is 1300. The van der Waals surface area contributed by atoms with Gasteiger partial charge in [0.1, 0.15) is 19.8 Å². The number of hydrogen-bond acceptors (Lipinski definition) is 12. The van der Waals surface area contributed by atoms with Gasteiger partial charge in [0, 0.05) is 0 Å². The van der Waals surface area contributed by atoms with Crippen molar-refractivity contribution in [2.45, 2.75) is 25.7 Å². The molecule has 218 valence electrons. The molecule has 12 nitrogen and oxygen atoms in total. The van der Waals surface area contributed by atoms with Crippen LogP contribution >= 0.6 is 22.7 Å². The van der Waals surface area contributed by atoms with Crippen molar-refractivity contribution < 1.29 is 65.3 Å². The van der Waals surface area contributed by atoms with Crippen molar-refractivity contribution in [1.29, 1.82) is 0 Å². The number of amides is 2. The first kappa shape index (κ1) is 32.2. The Morgan fingerprint density at radius 1 is 0.575 bits per heavy atom. The van der Waals surface area contributed by atoms with Crippen molar-refractivity contribution in [2.75, 3.05) is 39.1 Å². The van der Waals surface area contributed by atoms with Gasteiger partial charge in [-0.25, -0.2) is 19.2 Å². The summed E-state index contributed by atoms with van der Waals surface area (Å²) in [7, 11) is 3.74. The summed E-state index contributed by atoms with van der Waals surface area (Å²) < 4.78 is 77.1. The molecule has 2 N–H and O–H groups in total. The normalized spacial score (nSPS) is 11.3. The number of carbonyl (C=O) groups is 6. The molecule has 40 heavy (non-hydrogen) atoms. The van der Waals surface area contributed by atoms with Gasteiger partial charge < -0.3 is 29.6 Å². The van der Waals surface area contributed by atoms with Crippen molar-refractivity contribution in [3.05, 3.63) is 32.0 Å². The number of ether oxygens (including phenoxy) is 4. The number of nitrogens with one attached hydrogen (secondary N) is 2. The number of halogens is 4. The zero-order chi connectivity index (χ0) is 30.7. The van der Waals surface area contributed by atoms with E-state index in [1.165, 1.54) is 24.5 Å². The summed E-state index contributed by atoms with van der Waals surface area (Å²) in [4.78, 5) is 72.2. The molecule has 0 fully saturated rings. The first-order valence-corrected chi connectivity index (χ1v) is 12.1. The molecule has 0 saturated carbocycles. The fourth-order valence-corrected chi connectivity index (χ4v) is 5.34. The van der Waals surface area contributed by atoms with E-state index in [0.29, 0.717) is 0 Å². The number of hydrogen-bond donors (Lipinski definition) is 2. The van der Waals surface area contributed by atoms with Gasteiger partial charge in [-0.15, -0.1) is 22.7 Å². The van der Waals surface area contributed by atoms with Crippen LogP contribution in [-0.4, -0.2) is 76.0 Å². The van der Waals surface area contributed by atoms with Gasteiger partial charge in [-0.1, -0.05) is 0 Å². The van der Waals surface area contributed by atoms with E-state index in [2.05, 4.69) is 18.9 Å². The molecular formula is C22H20F4N2O10S2. The minimum atomic E-state index is -5.75. The van der Waals surface area contributed by atoms with Crippen LogP contribution in [0.2, 0.25) is 0 Å². The predicted molar refractivity (Wildman–Crippen MR) is 131 cm³/mol. The molecule has 2 aromatic rings. The quantitative estimate of drug-likeness (QED) is 0.244. The van der Waals surface area contributed by atoms with Crippen LogP contribution in [0.1, 0.15) is 51.2 Å². The molecule has 0 atom stereocenters. The standard InChI is InChI=1S/C22H20F4N2O10S2/c1-7-9(15(29)35-3)13(39-11(7)17(31)37-5)27-19(33)21(23,24)22(25,26)20(34)28-14-10(16(30)36-4)8(2)12(40-14)18(32)38-6/h1-6H3,(H,27,33)(H,28,34). The third-order valence-corrected chi connectivity index (χ3v) is 7.61. The van der Waals surface area contributed by atoms with Crippen LogP contribution in [0.3, 0.4) is 0 Å². The maximum absolute atomic E-state index is 14.8. The zero-order valence-electron chi connectivity index (χ0n) is 21.4. The van der Waals surface area contributed by atoms with Gasteiger partial charge in [0.15, 0.2) is 0 Å². The average molecular weight is 613 g/mol. The highest BCUT2D eigenvalue weighted by Crippen LogP contribution is 2.41. The van der Waals surface area contributed by atoms with E-state index in [1.54, 1.807) is 0 Å². The van der Waals surface area contributed by atoms with E-state index in [1.807, 2.05) is 0 Å². The Hall–Kier alpha value is -4.06. The molecule has 2 aromatic heterocycles. The second-order valence-corrected chi connectivity index (χ2v) is 9.59. The van der Waals surface area contributed by atoms with E-state index in [4.69, 9.17) is 0 Å². The highest BCUT2D eigenvalue weighted by molar-refractivity contribution is 7.19. The first-order chi connectivity index (χ1) is 18.5. The molecule has 2 amide bonds. The largest absolute Gasteiger partial charge is 0.465 e. The first-order valence-electron chi connectivity index (χ1n) is 10.5. The van der Waals surface area contributed by atoms with Crippen LogP contribution < -0.4 is 10.6 Å². The summed E-state index contributed by atoms with van der Waals surface area (Å²) in [5.74, 6) is -21.4. The number of methoxy groups -OCH3 is 4. The second-order valence-electron chi connectivity index (χ2n) is 7.54. The van der Waals surface area contributed by atoms with Gasteiger partial charge >= 0.3 is 47.5 Å². The molecule has 0 unspecified atom stereocenters. The molecule has 0 saturated heterocycles. The van der Waals surface area contributed by atoms with Crippen LogP contribution in [0.25, 0.3) is 0 Å². The Morgan fingerprint density at radius 3 is 1.10 bits per heavy atom. The van der Waals surface area contributed by atoms with Crippen molar-refractivity contribution in [1.82, 2.24) is 0 Å².